The summed E-state index contributed by atoms with van der Waals surface area (Å²) in [4.78, 5) is 14.3. The van der Waals surface area contributed by atoms with Crippen LogP contribution in [0.3, 0.4) is 0 Å². The number of nitrogens with zero attached hydrogens (tertiary/aromatic N) is 2. The molecular formula is C13H13N3O2. The van der Waals surface area contributed by atoms with Crippen molar-refractivity contribution in [2.75, 3.05) is 5.32 Å². The Morgan fingerprint density at radius 2 is 2.00 bits per heavy atom. The highest BCUT2D eigenvalue weighted by atomic mass is 16.6. The number of non-ortho nitro benzene ring substituents is 1. The van der Waals surface area contributed by atoms with Crippen molar-refractivity contribution in [3.05, 3.63) is 64.0 Å². The standard InChI is InChI=1S/C13H13N3O2/c1-10-6-12(8-13(7-10)16(17)18)15-9-11-2-4-14-5-3-11/h2-8,15H,9H2,1H3. The Morgan fingerprint density at radius 3 is 2.67 bits per heavy atom. The summed E-state index contributed by atoms with van der Waals surface area (Å²) in [6.07, 6.45) is 3.44. The van der Waals surface area contributed by atoms with E-state index in [0.29, 0.717) is 6.54 Å². The van der Waals surface area contributed by atoms with Crippen LogP contribution in [0.15, 0.2) is 42.7 Å². The summed E-state index contributed by atoms with van der Waals surface area (Å²) in [6, 6.07) is 8.77. The molecule has 0 spiro atoms. The van der Waals surface area contributed by atoms with Crippen molar-refractivity contribution in [3.63, 3.8) is 0 Å². The summed E-state index contributed by atoms with van der Waals surface area (Å²) < 4.78 is 0. The van der Waals surface area contributed by atoms with Crippen LogP contribution in [0.2, 0.25) is 0 Å². The summed E-state index contributed by atoms with van der Waals surface area (Å²) in [7, 11) is 0. The van der Waals surface area contributed by atoms with Crippen molar-refractivity contribution < 1.29 is 4.92 Å². The molecule has 18 heavy (non-hydrogen) atoms. The largest absolute Gasteiger partial charge is 0.381 e. The van der Waals surface area contributed by atoms with Gasteiger partial charge in [-0.3, -0.25) is 15.1 Å². The van der Waals surface area contributed by atoms with E-state index >= 15 is 0 Å². The fraction of sp³-hybridized carbons (Fsp3) is 0.154. The van der Waals surface area contributed by atoms with E-state index in [1.54, 1.807) is 18.5 Å². The average molecular weight is 243 g/mol. The van der Waals surface area contributed by atoms with Gasteiger partial charge >= 0.3 is 0 Å². The predicted octanol–water partition coefficient (Wildman–Crippen LogP) is 2.91. The number of aryl methyl sites for hydroxylation is 1. The highest BCUT2D eigenvalue weighted by Crippen LogP contribution is 2.20. The number of aromatic nitrogens is 1. The van der Waals surface area contributed by atoms with Gasteiger partial charge in [-0.15, -0.1) is 0 Å². The van der Waals surface area contributed by atoms with E-state index in [9.17, 15) is 10.1 Å². The Bertz CT molecular complexity index is 555. The first-order chi connectivity index (χ1) is 8.65. The fourth-order valence-corrected chi connectivity index (χ4v) is 1.68. The van der Waals surface area contributed by atoms with Gasteiger partial charge in [0.15, 0.2) is 0 Å². The molecule has 0 atom stereocenters. The number of anilines is 1. The van der Waals surface area contributed by atoms with Crippen LogP contribution in [0.5, 0.6) is 0 Å². The zero-order chi connectivity index (χ0) is 13.0. The van der Waals surface area contributed by atoms with Gasteiger partial charge in [0.25, 0.3) is 5.69 Å². The van der Waals surface area contributed by atoms with Gasteiger partial charge < -0.3 is 5.32 Å². The molecule has 0 aliphatic rings. The van der Waals surface area contributed by atoms with E-state index < -0.39 is 0 Å². The van der Waals surface area contributed by atoms with Crippen LogP contribution in [-0.2, 0) is 6.54 Å². The van der Waals surface area contributed by atoms with Gasteiger partial charge in [0.2, 0.25) is 0 Å². The topological polar surface area (TPSA) is 68.1 Å². The lowest BCUT2D eigenvalue weighted by Crippen LogP contribution is -2.00. The third-order valence-electron chi connectivity index (χ3n) is 2.52. The molecule has 0 bridgehead atoms. The molecule has 92 valence electrons. The number of benzene rings is 1. The molecule has 2 aromatic rings. The minimum absolute atomic E-state index is 0.104. The number of hydrogen-bond donors (Lipinski definition) is 1. The van der Waals surface area contributed by atoms with Crippen LogP contribution in [0.4, 0.5) is 11.4 Å². The molecule has 0 aliphatic carbocycles. The molecule has 0 unspecified atom stereocenters. The third-order valence-corrected chi connectivity index (χ3v) is 2.52. The first-order valence-electron chi connectivity index (χ1n) is 5.54. The summed E-state index contributed by atoms with van der Waals surface area (Å²) >= 11 is 0. The molecule has 1 aromatic heterocycles. The average Bonchev–Trinajstić information content (AvgIpc) is 2.37. The highest BCUT2D eigenvalue weighted by molar-refractivity contribution is 5.53. The minimum atomic E-state index is -0.384. The second-order valence-corrected chi connectivity index (χ2v) is 4.02. The van der Waals surface area contributed by atoms with Crippen molar-refractivity contribution in [1.29, 1.82) is 0 Å². The second-order valence-electron chi connectivity index (χ2n) is 4.02. The number of nitro groups is 1. The van der Waals surface area contributed by atoms with Gasteiger partial charge in [-0.25, -0.2) is 0 Å². The SMILES string of the molecule is Cc1cc(NCc2ccncc2)cc([N+](=O)[O-])c1. The Morgan fingerprint density at radius 1 is 1.28 bits per heavy atom. The zero-order valence-corrected chi connectivity index (χ0v) is 9.96. The van der Waals surface area contributed by atoms with Gasteiger partial charge in [-0.1, -0.05) is 0 Å². The molecular weight excluding hydrogens is 230 g/mol. The monoisotopic (exact) mass is 243 g/mol. The summed E-state index contributed by atoms with van der Waals surface area (Å²) in [5.41, 5.74) is 2.79. The van der Waals surface area contributed by atoms with Gasteiger partial charge in [-0.2, -0.15) is 0 Å². The number of rotatable bonds is 4. The molecule has 1 N–H and O–H groups in total. The van der Waals surface area contributed by atoms with Gasteiger partial charge in [0.1, 0.15) is 0 Å². The first-order valence-corrected chi connectivity index (χ1v) is 5.54. The maximum atomic E-state index is 10.7. The molecule has 1 aromatic carbocycles. The third kappa shape index (κ3) is 3.04. The predicted molar refractivity (Wildman–Crippen MR) is 69.4 cm³/mol. The Labute approximate surface area is 105 Å². The van der Waals surface area contributed by atoms with Crippen molar-refractivity contribution in [2.45, 2.75) is 13.5 Å². The van der Waals surface area contributed by atoms with E-state index in [1.165, 1.54) is 6.07 Å². The molecule has 5 heteroatoms. The number of nitro benzene ring substituents is 1. The molecule has 0 radical (unpaired) electrons. The number of hydrogen-bond acceptors (Lipinski definition) is 4. The fourth-order valence-electron chi connectivity index (χ4n) is 1.68. The number of nitrogens with one attached hydrogen (secondary N) is 1. The lowest BCUT2D eigenvalue weighted by molar-refractivity contribution is -0.384. The van der Waals surface area contributed by atoms with E-state index in [-0.39, 0.29) is 10.6 Å². The Balaban J connectivity index is 2.12. The summed E-state index contributed by atoms with van der Waals surface area (Å²) in [6.45, 7) is 2.45. The van der Waals surface area contributed by atoms with Crippen LogP contribution in [0.1, 0.15) is 11.1 Å². The first kappa shape index (κ1) is 12.0. The smallest absolute Gasteiger partial charge is 0.271 e. The number of pyridine rings is 1. The van der Waals surface area contributed by atoms with E-state index in [4.69, 9.17) is 0 Å². The van der Waals surface area contributed by atoms with Gasteiger partial charge in [-0.05, 0) is 36.2 Å². The molecule has 2 rings (SSSR count). The van der Waals surface area contributed by atoms with E-state index in [1.807, 2.05) is 25.1 Å². The summed E-state index contributed by atoms with van der Waals surface area (Å²) in [5.74, 6) is 0. The van der Waals surface area contributed by atoms with Crippen molar-refractivity contribution in [2.24, 2.45) is 0 Å². The maximum Gasteiger partial charge on any atom is 0.271 e. The highest BCUT2D eigenvalue weighted by Gasteiger charge is 2.07. The van der Waals surface area contributed by atoms with Crippen LogP contribution < -0.4 is 5.32 Å². The summed E-state index contributed by atoms with van der Waals surface area (Å²) in [5, 5.41) is 13.9. The lowest BCUT2D eigenvalue weighted by Gasteiger charge is -2.07. The molecule has 0 fully saturated rings. The van der Waals surface area contributed by atoms with Gasteiger partial charge in [0.05, 0.1) is 4.92 Å². The van der Waals surface area contributed by atoms with Crippen molar-refractivity contribution >= 4 is 11.4 Å². The van der Waals surface area contributed by atoms with E-state index in [2.05, 4.69) is 10.3 Å². The normalized spacial score (nSPS) is 10.1. The molecule has 0 saturated carbocycles. The molecule has 1 heterocycles. The zero-order valence-electron chi connectivity index (χ0n) is 9.96. The van der Waals surface area contributed by atoms with Crippen LogP contribution >= 0.6 is 0 Å². The Kier molecular flexibility index (Phi) is 3.52. The van der Waals surface area contributed by atoms with E-state index in [0.717, 1.165) is 16.8 Å². The Hall–Kier alpha value is -2.43. The van der Waals surface area contributed by atoms with Crippen LogP contribution in [0.25, 0.3) is 0 Å². The lowest BCUT2D eigenvalue weighted by atomic mass is 10.2. The maximum absolute atomic E-state index is 10.7. The molecule has 5 nitrogen and oxygen atoms in total. The van der Waals surface area contributed by atoms with Gasteiger partial charge in [0, 0.05) is 36.8 Å². The molecule has 0 amide bonds. The minimum Gasteiger partial charge on any atom is -0.381 e. The molecule has 0 saturated heterocycles. The second kappa shape index (κ2) is 5.27. The quantitative estimate of drug-likeness (QED) is 0.662. The van der Waals surface area contributed by atoms with Crippen molar-refractivity contribution in [1.82, 2.24) is 4.98 Å². The van der Waals surface area contributed by atoms with Crippen LogP contribution in [0, 0.1) is 17.0 Å². The van der Waals surface area contributed by atoms with Crippen molar-refractivity contribution in [3.8, 4) is 0 Å². The van der Waals surface area contributed by atoms with Crippen LogP contribution in [-0.4, -0.2) is 9.91 Å². The molecule has 0 aliphatic heterocycles.